The van der Waals surface area contributed by atoms with Gasteiger partial charge in [0.15, 0.2) is 0 Å². The maximum absolute atomic E-state index is 12.0. The van der Waals surface area contributed by atoms with Gasteiger partial charge < -0.3 is 15.0 Å². The van der Waals surface area contributed by atoms with E-state index in [-0.39, 0.29) is 11.9 Å². The van der Waals surface area contributed by atoms with Gasteiger partial charge in [-0.3, -0.25) is 4.79 Å². The summed E-state index contributed by atoms with van der Waals surface area (Å²) in [6, 6.07) is 7.95. The molecule has 4 nitrogen and oxygen atoms in total. The molecule has 1 atom stereocenters. The Kier molecular flexibility index (Phi) is 3.64. The fourth-order valence-corrected chi connectivity index (χ4v) is 1.89. The van der Waals surface area contributed by atoms with Crippen molar-refractivity contribution in [3.05, 3.63) is 24.3 Å². The maximum atomic E-state index is 12.0. The van der Waals surface area contributed by atoms with Gasteiger partial charge in [0.1, 0.15) is 5.75 Å². The number of fused-ring (bicyclic) bond motifs is 1. The standard InChI is InChI=1S/C13H18N2O2/c1-10(14-2)9-15-11-5-3-4-6-12(11)17-8-7-13(15)16/h3-6,10,14H,7-9H2,1-2H3. The molecule has 0 fully saturated rings. The van der Waals surface area contributed by atoms with Gasteiger partial charge in [-0.05, 0) is 26.1 Å². The molecule has 0 saturated heterocycles. The topological polar surface area (TPSA) is 41.6 Å². The maximum Gasteiger partial charge on any atom is 0.230 e. The van der Waals surface area contributed by atoms with Crippen LogP contribution in [0.2, 0.25) is 0 Å². The van der Waals surface area contributed by atoms with Gasteiger partial charge in [0.2, 0.25) is 5.91 Å². The van der Waals surface area contributed by atoms with Crippen LogP contribution in [0.3, 0.4) is 0 Å². The molecule has 1 N–H and O–H groups in total. The number of likely N-dealkylation sites (N-methyl/N-ethyl adjacent to an activating group) is 1. The molecule has 4 heteroatoms. The molecule has 1 heterocycles. The lowest BCUT2D eigenvalue weighted by molar-refractivity contribution is -0.118. The van der Waals surface area contributed by atoms with Crippen LogP contribution in [0.1, 0.15) is 13.3 Å². The number of nitrogens with zero attached hydrogens (tertiary/aromatic N) is 1. The normalized spacial score (nSPS) is 17.1. The summed E-state index contributed by atoms with van der Waals surface area (Å²) < 4.78 is 5.58. The fraction of sp³-hybridized carbons (Fsp3) is 0.462. The molecule has 17 heavy (non-hydrogen) atoms. The van der Waals surface area contributed by atoms with Crippen molar-refractivity contribution in [3.8, 4) is 5.75 Å². The van der Waals surface area contributed by atoms with Crippen molar-refractivity contribution in [2.45, 2.75) is 19.4 Å². The first-order valence-electron chi connectivity index (χ1n) is 5.92. The molecular weight excluding hydrogens is 216 g/mol. The highest BCUT2D eigenvalue weighted by Gasteiger charge is 2.23. The molecule has 1 amide bonds. The van der Waals surface area contributed by atoms with Gasteiger partial charge in [0, 0.05) is 12.6 Å². The third-order valence-electron chi connectivity index (χ3n) is 2.98. The molecule has 0 bridgehead atoms. The van der Waals surface area contributed by atoms with Crippen molar-refractivity contribution < 1.29 is 9.53 Å². The van der Waals surface area contributed by atoms with Gasteiger partial charge in [-0.1, -0.05) is 12.1 Å². The molecule has 1 aliphatic rings. The van der Waals surface area contributed by atoms with Crippen LogP contribution in [0.15, 0.2) is 24.3 Å². The quantitative estimate of drug-likeness (QED) is 0.859. The van der Waals surface area contributed by atoms with Crippen LogP contribution < -0.4 is 15.0 Å². The predicted octanol–water partition coefficient (Wildman–Crippen LogP) is 1.41. The largest absolute Gasteiger partial charge is 0.491 e. The van der Waals surface area contributed by atoms with E-state index in [1.165, 1.54) is 0 Å². The van der Waals surface area contributed by atoms with E-state index in [9.17, 15) is 4.79 Å². The van der Waals surface area contributed by atoms with E-state index in [4.69, 9.17) is 4.74 Å². The minimum absolute atomic E-state index is 0.122. The Morgan fingerprint density at radius 3 is 3.00 bits per heavy atom. The number of amides is 1. The fourth-order valence-electron chi connectivity index (χ4n) is 1.89. The Labute approximate surface area is 102 Å². The van der Waals surface area contributed by atoms with Gasteiger partial charge in [0.25, 0.3) is 0 Å². The predicted molar refractivity (Wildman–Crippen MR) is 67.4 cm³/mol. The van der Waals surface area contributed by atoms with Crippen molar-refractivity contribution in [1.82, 2.24) is 5.32 Å². The van der Waals surface area contributed by atoms with Crippen LogP contribution in [-0.2, 0) is 4.79 Å². The van der Waals surface area contributed by atoms with Gasteiger partial charge in [-0.25, -0.2) is 0 Å². The lowest BCUT2D eigenvalue weighted by Gasteiger charge is -2.25. The second-order valence-corrected chi connectivity index (χ2v) is 4.26. The minimum atomic E-state index is 0.122. The molecule has 0 radical (unpaired) electrons. The lowest BCUT2D eigenvalue weighted by Crippen LogP contribution is -2.41. The van der Waals surface area contributed by atoms with Crippen LogP contribution in [0.5, 0.6) is 5.75 Å². The zero-order valence-electron chi connectivity index (χ0n) is 10.3. The monoisotopic (exact) mass is 234 g/mol. The van der Waals surface area contributed by atoms with Crippen molar-refractivity contribution in [3.63, 3.8) is 0 Å². The van der Waals surface area contributed by atoms with Gasteiger partial charge in [-0.15, -0.1) is 0 Å². The number of ether oxygens (including phenoxy) is 1. The molecule has 0 aliphatic carbocycles. The molecule has 1 unspecified atom stereocenters. The molecule has 1 aromatic carbocycles. The number of hydrogen-bond acceptors (Lipinski definition) is 3. The summed E-state index contributed by atoms with van der Waals surface area (Å²) in [5, 5.41) is 3.15. The molecule has 0 saturated carbocycles. The van der Waals surface area contributed by atoms with E-state index in [2.05, 4.69) is 12.2 Å². The Morgan fingerprint density at radius 2 is 2.24 bits per heavy atom. The van der Waals surface area contributed by atoms with E-state index in [0.29, 0.717) is 19.6 Å². The van der Waals surface area contributed by atoms with Crippen molar-refractivity contribution in [2.24, 2.45) is 0 Å². The summed E-state index contributed by atoms with van der Waals surface area (Å²) in [6.07, 6.45) is 0.436. The van der Waals surface area contributed by atoms with Crippen LogP contribution in [0, 0.1) is 0 Å². The Hall–Kier alpha value is -1.55. The minimum Gasteiger partial charge on any atom is -0.491 e. The number of carbonyl (C=O) groups excluding carboxylic acids is 1. The number of nitrogens with one attached hydrogen (secondary N) is 1. The average molecular weight is 234 g/mol. The van der Waals surface area contributed by atoms with Crippen LogP contribution in [0.4, 0.5) is 5.69 Å². The highest BCUT2D eigenvalue weighted by molar-refractivity contribution is 5.95. The third-order valence-corrected chi connectivity index (χ3v) is 2.98. The lowest BCUT2D eigenvalue weighted by atomic mass is 10.2. The molecule has 1 aromatic rings. The molecule has 92 valence electrons. The Morgan fingerprint density at radius 1 is 1.47 bits per heavy atom. The van der Waals surface area contributed by atoms with Crippen molar-refractivity contribution in [2.75, 3.05) is 25.1 Å². The van der Waals surface area contributed by atoms with E-state index < -0.39 is 0 Å². The number of carbonyl (C=O) groups is 1. The number of para-hydroxylation sites is 2. The van der Waals surface area contributed by atoms with Gasteiger partial charge >= 0.3 is 0 Å². The highest BCUT2D eigenvalue weighted by Crippen LogP contribution is 2.30. The van der Waals surface area contributed by atoms with Crippen LogP contribution in [-0.4, -0.2) is 32.1 Å². The second-order valence-electron chi connectivity index (χ2n) is 4.26. The van der Waals surface area contributed by atoms with Crippen LogP contribution >= 0.6 is 0 Å². The van der Waals surface area contributed by atoms with E-state index >= 15 is 0 Å². The Balaban J connectivity index is 2.30. The van der Waals surface area contributed by atoms with Gasteiger partial charge in [-0.2, -0.15) is 0 Å². The van der Waals surface area contributed by atoms with Crippen LogP contribution in [0.25, 0.3) is 0 Å². The summed E-state index contributed by atoms with van der Waals surface area (Å²) in [5.41, 5.74) is 0.872. The summed E-state index contributed by atoms with van der Waals surface area (Å²) >= 11 is 0. The van der Waals surface area contributed by atoms with E-state index in [0.717, 1.165) is 11.4 Å². The third kappa shape index (κ3) is 2.58. The molecule has 0 aromatic heterocycles. The van der Waals surface area contributed by atoms with Crippen molar-refractivity contribution in [1.29, 1.82) is 0 Å². The number of hydrogen-bond donors (Lipinski definition) is 1. The Bertz CT molecular complexity index is 406. The summed E-state index contributed by atoms with van der Waals surface area (Å²) in [5.74, 6) is 0.915. The highest BCUT2D eigenvalue weighted by atomic mass is 16.5. The summed E-state index contributed by atoms with van der Waals surface area (Å²) in [4.78, 5) is 13.9. The first-order chi connectivity index (χ1) is 8.22. The average Bonchev–Trinajstić information content (AvgIpc) is 2.50. The first kappa shape index (κ1) is 11.9. The summed E-state index contributed by atoms with van der Waals surface area (Å²) in [6.45, 7) is 3.18. The summed E-state index contributed by atoms with van der Waals surface area (Å²) in [7, 11) is 1.90. The second kappa shape index (κ2) is 5.19. The molecule has 1 aliphatic heterocycles. The zero-order valence-corrected chi connectivity index (χ0v) is 10.3. The molecule has 0 spiro atoms. The molecular formula is C13H18N2O2. The molecule has 2 rings (SSSR count). The van der Waals surface area contributed by atoms with Gasteiger partial charge in [0.05, 0.1) is 18.7 Å². The smallest absolute Gasteiger partial charge is 0.230 e. The number of rotatable bonds is 3. The zero-order chi connectivity index (χ0) is 12.3. The van der Waals surface area contributed by atoms with Crippen molar-refractivity contribution >= 4 is 11.6 Å². The van der Waals surface area contributed by atoms with E-state index in [1.54, 1.807) is 0 Å². The SMILES string of the molecule is CNC(C)CN1C(=O)CCOc2ccccc21. The number of anilines is 1. The number of benzene rings is 1. The first-order valence-corrected chi connectivity index (χ1v) is 5.92. The van der Waals surface area contributed by atoms with E-state index in [1.807, 2.05) is 36.2 Å².